The van der Waals surface area contributed by atoms with Crippen LogP contribution in [0.15, 0.2) is 42.2 Å². The van der Waals surface area contributed by atoms with Gasteiger partial charge in [0.1, 0.15) is 0 Å². The van der Waals surface area contributed by atoms with Crippen molar-refractivity contribution in [2.75, 3.05) is 31.6 Å². The first kappa shape index (κ1) is 32.0. The summed E-state index contributed by atoms with van der Waals surface area (Å²) in [5.41, 5.74) is 18.1. The van der Waals surface area contributed by atoms with Crippen LogP contribution >= 0.6 is 0 Å². The molecule has 4 rings (SSSR count). The first-order valence-corrected chi connectivity index (χ1v) is 12.8. The Morgan fingerprint density at radius 2 is 1.47 bits per heavy atom. The number of anilines is 1. The molecular weight excluding hydrogens is 468 g/mol. The van der Waals surface area contributed by atoms with Crippen molar-refractivity contribution in [3.63, 3.8) is 0 Å². The SMILES string of the molecule is C.[B]C([B])(C1CCOCC1)N1CC2CCCC2C1.[B]C([B])([B])C(=O)Nc1ccc(/C(N)=C/C=C(N)N)cc1. The summed E-state index contributed by atoms with van der Waals surface area (Å²) < 4.78 is 5.40. The molecule has 1 saturated carbocycles. The molecule has 2 atom stereocenters. The number of nitrogens with one attached hydrogen (secondary N) is 1. The second-order valence-corrected chi connectivity index (χ2v) is 10.4. The van der Waals surface area contributed by atoms with Crippen LogP contribution in [0.4, 0.5) is 5.69 Å². The fourth-order valence-electron chi connectivity index (χ4n) is 5.24. The molecule has 3 aliphatic rings. The Bertz CT molecular complexity index is 959. The lowest BCUT2D eigenvalue weighted by Crippen LogP contribution is -2.55. The predicted molar refractivity (Wildman–Crippen MR) is 161 cm³/mol. The van der Waals surface area contributed by atoms with Crippen LogP contribution in [-0.2, 0) is 9.53 Å². The highest BCUT2D eigenvalue weighted by atomic mass is 16.5. The quantitative estimate of drug-likeness (QED) is 0.338. The molecule has 2 saturated heterocycles. The fourth-order valence-corrected chi connectivity index (χ4v) is 5.24. The summed E-state index contributed by atoms with van der Waals surface area (Å²) in [4.78, 5) is 13.8. The molecule has 194 valence electrons. The number of benzene rings is 1. The highest BCUT2D eigenvalue weighted by molar-refractivity contribution is 6.69. The van der Waals surface area contributed by atoms with Crippen molar-refractivity contribution in [3.8, 4) is 0 Å². The van der Waals surface area contributed by atoms with Crippen molar-refractivity contribution in [1.82, 2.24) is 4.90 Å². The van der Waals surface area contributed by atoms with Crippen molar-refractivity contribution in [1.29, 1.82) is 0 Å². The van der Waals surface area contributed by atoms with E-state index in [1.807, 2.05) is 0 Å². The molecule has 2 aliphatic heterocycles. The Morgan fingerprint density at radius 1 is 0.921 bits per heavy atom. The summed E-state index contributed by atoms with van der Waals surface area (Å²) >= 11 is 0. The predicted octanol–water partition coefficient (Wildman–Crippen LogP) is 1.03. The van der Waals surface area contributed by atoms with Gasteiger partial charge in [0.25, 0.3) is 0 Å². The highest BCUT2D eigenvalue weighted by Gasteiger charge is 2.43. The number of allylic oxidation sites excluding steroid dienone is 2. The summed E-state index contributed by atoms with van der Waals surface area (Å²) in [6, 6.07) is 6.67. The van der Waals surface area contributed by atoms with Crippen LogP contribution in [0.2, 0.25) is 5.11 Å². The molecule has 10 radical (unpaired) electrons. The van der Waals surface area contributed by atoms with E-state index in [0.29, 0.717) is 17.3 Å². The number of carbonyl (C=O) groups excluding carboxylic acids is 1. The average molecular weight is 507 g/mol. The van der Waals surface area contributed by atoms with E-state index in [9.17, 15) is 4.79 Å². The molecule has 3 fully saturated rings. The molecule has 12 heteroatoms. The van der Waals surface area contributed by atoms with Crippen molar-refractivity contribution < 1.29 is 9.53 Å². The van der Waals surface area contributed by atoms with Gasteiger partial charge in [0.05, 0.1) is 45.1 Å². The summed E-state index contributed by atoms with van der Waals surface area (Å²) in [6.45, 7) is 3.88. The number of hydrogen-bond acceptors (Lipinski definition) is 6. The maximum absolute atomic E-state index is 11.5. The minimum Gasteiger partial charge on any atom is -0.398 e. The molecular formula is C26H38B5N5O2. The Kier molecular flexibility index (Phi) is 11.6. The first-order valence-electron chi connectivity index (χ1n) is 12.8. The van der Waals surface area contributed by atoms with E-state index >= 15 is 0 Å². The van der Waals surface area contributed by atoms with Gasteiger partial charge in [0, 0.05) is 37.7 Å². The third-order valence-corrected chi connectivity index (χ3v) is 7.47. The Labute approximate surface area is 235 Å². The summed E-state index contributed by atoms with van der Waals surface area (Å²) in [7, 11) is 28.7. The van der Waals surface area contributed by atoms with Gasteiger partial charge in [-0.05, 0) is 73.3 Å². The monoisotopic (exact) mass is 507 g/mol. The number of nitrogens with two attached hydrogens (primary N) is 3. The topological polar surface area (TPSA) is 120 Å². The molecule has 1 aromatic rings. The molecule has 1 amide bonds. The number of nitrogens with zero attached hydrogens (tertiary/aromatic N) is 1. The minimum absolute atomic E-state index is 0. The smallest absolute Gasteiger partial charge is 0.205 e. The van der Waals surface area contributed by atoms with Crippen LogP contribution in [0.5, 0.6) is 0 Å². The van der Waals surface area contributed by atoms with E-state index in [2.05, 4.69) is 10.2 Å². The van der Waals surface area contributed by atoms with E-state index in [-0.39, 0.29) is 13.2 Å². The van der Waals surface area contributed by atoms with Crippen LogP contribution in [0, 0.1) is 17.8 Å². The van der Waals surface area contributed by atoms with Crippen LogP contribution in [-0.4, -0.2) is 81.7 Å². The zero-order chi connectivity index (χ0) is 27.2. The Morgan fingerprint density at radius 3 is 1.97 bits per heavy atom. The second kappa shape index (κ2) is 13.7. The van der Waals surface area contributed by atoms with Crippen molar-refractivity contribution in [2.45, 2.75) is 50.0 Å². The Hall–Kier alpha value is -2.19. The van der Waals surface area contributed by atoms with E-state index in [4.69, 9.17) is 61.2 Å². The van der Waals surface area contributed by atoms with Gasteiger partial charge in [-0.1, -0.05) is 36.4 Å². The normalized spacial score (nSPS) is 22.4. The highest BCUT2D eigenvalue weighted by Crippen LogP contribution is 2.41. The van der Waals surface area contributed by atoms with Crippen LogP contribution < -0.4 is 22.5 Å². The van der Waals surface area contributed by atoms with Gasteiger partial charge in [-0.2, -0.15) is 0 Å². The van der Waals surface area contributed by atoms with Gasteiger partial charge in [-0.15, -0.1) is 0 Å². The van der Waals surface area contributed by atoms with Crippen LogP contribution in [0.3, 0.4) is 0 Å². The number of amides is 1. The van der Waals surface area contributed by atoms with Gasteiger partial charge in [-0.25, -0.2) is 0 Å². The average Bonchev–Trinajstić information content (AvgIpc) is 3.47. The van der Waals surface area contributed by atoms with Crippen LogP contribution in [0.25, 0.3) is 5.70 Å². The standard InChI is InChI=1S/C13H21B2NO.C12H13B3N4O.CH4/c14-13(15,12-4-6-17-7-5-12)16-8-10-2-1-3-11(10)9-16;13-12(14,15)11(20)19-8-3-1-7(2-4-8)9(16)5-6-10(17)18;/h10-12H,1-9H2;1-6H,16-18H2,(H,19,20);1H4/b;9-5-;. The summed E-state index contributed by atoms with van der Waals surface area (Å²) in [6.07, 6.45) is 9.25. The lowest BCUT2D eigenvalue weighted by molar-refractivity contribution is -0.115. The van der Waals surface area contributed by atoms with Gasteiger partial charge in [0.15, 0.2) is 0 Å². The van der Waals surface area contributed by atoms with Gasteiger partial charge in [-0.3, -0.25) is 4.79 Å². The molecule has 7 N–H and O–H groups in total. The number of fused-ring (bicyclic) bond motifs is 1. The van der Waals surface area contributed by atoms with E-state index in [1.54, 1.807) is 30.3 Å². The molecule has 1 aliphatic carbocycles. The fraction of sp³-hybridized carbons (Fsp3) is 0.577. The van der Waals surface area contributed by atoms with Gasteiger partial charge < -0.3 is 32.2 Å². The van der Waals surface area contributed by atoms with Crippen LogP contribution in [0.1, 0.15) is 45.1 Å². The largest absolute Gasteiger partial charge is 0.398 e. The molecule has 1 aromatic carbocycles. The number of hydrogen-bond donors (Lipinski definition) is 4. The molecule has 38 heavy (non-hydrogen) atoms. The van der Waals surface area contributed by atoms with Crippen molar-refractivity contribution >= 4 is 56.5 Å². The maximum atomic E-state index is 11.5. The van der Waals surface area contributed by atoms with Crippen molar-refractivity contribution in [2.24, 2.45) is 35.0 Å². The van der Waals surface area contributed by atoms with Gasteiger partial charge in [0.2, 0.25) is 5.91 Å². The number of ether oxygens (including phenoxy) is 1. The lowest BCUT2D eigenvalue weighted by Gasteiger charge is -2.45. The van der Waals surface area contributed by atoms with E-state index in [0.717, 1.165) is 56.5 Å². The van der Waals surface area contributed by atoms with Crippen molar-refractivity contribution in [3.05, 3.63) is 47.8 Å². The summed E-state index contributed by atoms with van der Waals surface area (Å²) in [5.74, 6) is 1.58. The molecule has 7 nitrogen and oxygen atoms in total. The zero-order valence-corrected chi connectivity index (χ0v) is 21.4. The first-order chi connectivity index (χ1) is 17.4. The number of carbonyl (C=O) groups is 1. The third kappa shape index (κ3) is 8.67. The summed E-state index contributed by atoms with van der Waals surface area (Å²) in [5, 5.41) is -0.0605. The second-order valence-electron chi connectivity index (χ2n) is 10.4. The number of rotatable bonds is 6. The molecule has 0 aromatic heterocycles. The third-order valence-electron chi connectivity index (χ3n) is 7.47. The molecule has 2 heterocycles. The zero-order valence-electron chi connectivity index (χ0n) is 21.4. The lowest BCUT2D eigenvalue weighted by atomic mass is 9.42. The van der Waals surface area contributed by atoms with E-state index < -0.39 is 16.4 Å². The molecule has 2 unspecified atom stereocenters. The molecule has 0 bridgehead atoms. The van der Waals surface area contributed by atoms with Gasteiger partial charge >= 0.3 is 0 Å². The number of likely N-dealkylation sites (tertiary alicyclic amines) is 1. The maximum Gasteiger partial charge on any atom is 0.205 e. The molecule has 0 spiro atoms. The van der Waals surface area contributed by atoms with E-state index in [1.165, 1.54) is 25.3 Å². The Balaban J connectivity index is 0.000000262. The minimum atomic E-state index is -1.93.